The van der Waals surface area contributed by atoms with Crippen LogP contribution in [0.2, 0.25) is 0 Å². The molecule has 0 saturated heterocycles. The molecule has 0 heterocycles. The number of nitrogens with zero attached hydrogens (tertiary/aromatic N) is 1. The van der Waals surface area contributed by atoms with E-state index in [0.29, 0.717) is 12.6 Å². The zero-order chi connectivity index (χ0) is 15.6. The lowest BCUT2D eigenvalue weighted by Gasteiger charge is -2.16. The molecule has 116 valence electrons. The summed E-state index contributed by atoms with van der Waals surface area (Å²) in [5.74, 6) is -1.30. The van der Waals surface area contributed by atoms with Gasteiger partial charge >= 0.3 is 5.97 Å². The molecule has 0 bridgehead atoms. The summed E-state index contributed by atoms with van der Waals surface area (Å²) in [7, 11) is -1.96. The minimum absolute atomic E-state index is 0.204. The number of likely N-dealkylation sites (N-methyl/N-ethyl adjacent to an activating group) is 1. The normalized spacial score (nSPS) is 15.3. The summed E-state index contributed by atoms with van der Waals surface area (Å²) in [5, 5.41) is 9.07. The van der Waals surface area contributed by atoms with Crippen molar-refractivity contribution in [3.05, 3.63) is 23.8 Å². The fourth-order valence-corrected chi connectivity index (χ4v) is 3.32. The highest BCUT2D eigenvalue weighted by Crippen LogP contribution is 2.24. The molecule has 0 amide bonds. The van der Waals surface area contributed by atoms with Crippen LogP contribution in [-0.4, -0.2) is 50.6 Å². The van der Waals surface area contributed by atoms with Crippen LogP contribution in [0.15, 0.2) is 23.1 Å². The molecule has 0 aromatic heterocycles. The Hall–Kier alpha value is -1.64. The molecular formula is C13H19N3O4S. The van der Waals surface area contributed by atoms with E-state index in [9.17, 15) is 13.2 Å². The topological polar surface area (TPSA) is 113 Å². The number of nitrogen functional groups attached to an aromatic ring is 1. The summed E-state index contributed by atoms with van der Waals surface area (Å²) in [6, 6.07) is 4.26. The lowest BCUT2D eigenvalue weighted by molar-refractivity contribution is 0.0692. The van der Waals surface area contributed by atoms with Crippen LogP contribution >= 0.6 is 0 Å². The molecule has 0 aliphatic heterocycles. The van der Waals surface area contributed by atoms with E-state index in [4.69, 9.17) is 10.8 Å². The van der Waals surface area contributed by atoms with E-state index in [0.717, 1.165) is 18.9 Å². The van der Waals surface area contributed by atoms with E-state index in [1.807, 2.05) is 7.05 Å². The number of nitrogens with two attached hydrogens (primary N) is 1. The fraction of sp³-hybridized carbons (Fsp3) is 0.462. The predicted molar refractivity (Wildman–Crippen MR) is 78.7 cm³/mol. The molecule has 0 radical (unpaired) electrons. The Bertz CT molecular complexity index is 641. The van der Waals surface area contributed by atoms with Crippen LogP contribution in [0.1, 0.15) is 23.2 Å². The summed E-state index contributed by atoms with van der Waals surface area (Å²) in [5.41, 5.74) is 5.48. The molecule has 1 fully saturated rings. The van der Waals surface area contributed by atoms with Crippen molar-refractivity contribution in [1.29, 1.82) is 0 Å². The van der Waals surface area contributed by atoms with Gasteiger partial charge in [-0.2, -0.15) is 0 Å². The van der Waals surface area contributed by atoms with E-state index in [1.54, 1.807) is 0 Å². The van der Waals surface area contributed by atoms with Crippen molar-refractivity contribution in [2.24, 2.45) is 0 Å². The third kappa shape index (κ3) is 3.93. The van der Waals surface area contributed by atoms with Crippen LogP contribution < -0.4 is 10.5 Å². The molecule has 1 aromatic carbocycles. The monoisotopic (exact) mass is 313 g/mol. The first-order valence-corrected chi connectivity index (χ1v) is 8.12. The fourth-order valence-electron chi connectivity index (χ4n) is 2.07. The number of carboxylic acids is 1. The number of anilines is 1. The standard InChI is InChI=1S/C13H19N3O4S/c1-16(10-3-4-10)7-6-15-21(19,20)12-8-9(14)2-5-11(12)13(17)18/h2,5,8,10,15H,3-4,6-7,14H2,1H3,(H,17,18). The van der Waals surface area contributed by atoms with Crippen molar-refractivity contribution in [2.75, 3.05) is 25.9 Å². The molecule has 7 nitrogen and oxygen atoms in total. The van der Waals surface area contributed by atoms with Crippen LogP contribution in [-0.2, 0) is 10.0 Å². The molecule has 4 N–H and O–H groups in total. The van der Waals surface area contributed by atoms with Crippen molar-refractivity contribution < 1.29 is 18.3 Å². The Kier molecular flexibility index (Phi) is 4.50. The van der Waals surface area contributed by atoms with Crippen molar-refractivity contribution in [1.82, 2.24) is 9.62 Å². The Morgan fingerprint density at radius 3 is 2.71 bits per heavy atom. The molecule has 0 unspecified atom stereocenters. The largest absolute Gasteiger partial charge is 0.478 e. The summed E-state index contributed by atoms with van der Waals surface area (Å²) in [6.45, 7) is 0.803. The van der Waals surface area contributed by atoms with Gasteiger partial charge in [-0.05, 0) is 38.1 Å². The van der Waals surface area contributed by atoms with Crippen molar-refractivity contribution in [2.45, 2.75) is 23.8 Å². The third-order valence-electron chi connectivity index (χ3n) is 3.45. The summed E-state index contributed by atoms with van der Waals surface area (Å²) in [4.78, 5) is 12.9. The molecule has 2 rings (SSSR count). The molecule has 0 atom stereocenters. The maximum atomic E-state index is 12.2. The van der Waals surface area contributed by atoms with E-state index >= 15 is 0 Å². The molecule has 1 aliphatic rings. The van der Waals surface area contributed by atoms with Gasteiger partial charge in [-0.3, -0.25) is 0 Å². The summed E-state index contributed by atoms with van der Waals surface area (Å²) in [6.07, 6.45) is 2.28. The van der Waals surface area contributed by atoms with E-state index in [-0.39, 0.29) is 22.7 Å². The highest BCUT2D eigenvalue weighted by atomic mass is 32.2. The van der Waals surface area contributed by atoms with E-state index in [1.165, 1.54) is 12.1 Å². The first kappa shape index (κ1) is 15.7. The molecule has 21 heavy (non-hydrogen) atoms. The van der Waals surface area contributed by atoms with Gasteiger partial charge in [0, 0.05) is 24.8 Å². The first-order valence-electron chi connectivity index (χ1n) is 6.64. The van der Waals surface area contributed by atoms with Crippen molar-refractivity contribution >= 4 is 21.7 Å². The second-order valence-corrected chi connectivity index (χ2v) is 6.91. The lowest BCUT2D eigenvalue weighted by Crippen LogP contribution is -2.34. The molecule has 8 heteroatoms. The van der Waals surface area contributed by atoms with Gasteiger partial charge in [0.2, 0.25) is 10.0 Å². The Morgan fingerprint density at radius 2 is 2.14 bits per heavy atom. The molecule has 1 aromatic rings. The van der Waals surface area contributed by atoms with Gasteiger partial charge in [0.15, 0.2) is 0 Å². The predicted octanol–water partition coefficient (Wildman–Crippen LogP) is 0.340. The number of rotatable bonds is 7. The smallest absolute Gasteiger partial charge is 0.337 e. The number of aromatic carboxylic acids is 1. The first-order chi connectivity index (χ1) is 9.81. The van der Waals surface area contributed by atoms with Gasteiger partial charge in [0.05, 0.1) is 10.5 Å². The summed E-state index contributed by atoms with van der Waals surface area (Å²) >= 11 is 0. The van der Waals surface area contributed by atoms with Gasteiger partial charge in [-0.1, -0.05) is 0 Å². The number of carboxylic acid groups (broad SMARTS) is 1. The zero-order valence-corrected chi connectivity index (χ0v) is 12.6. The molecule has 0 spiro atoms. The minimum Gasteiger partial charge on any atom is -0.478 e. The Balaban J connectivity index is 2.11. The number of hydrogen-bond acceptors (Lipinski definition) is 5. The van der Waals surface area contributed by atoms with Crippen LogP contribution in [0.5, 0.6) is 0 Å². The molecular weight excluding hydrogens is 294 g/mol. The number of carbonyl (C=O) groups is 1. The second kappa shape index (κ2) is 6.00. The van der Waals surface area contributed by atoms with Gasteiger partial charge in [-0.25, -0.2) is 17.9 Å². The molecule has 1 aliphatic carbocycles. The number of sulfonamides is 1. The van der Waals surface area contributed by atoms with Gasteiger partial charge in [0.1, 0.15) is 0 Å². The highest BCUT2D eigenvalue weighted by molar-refractivity contribution is 7.89. The summed E-state index contributed by atoms with van der Waals surface area (Å²) < 4.78 is 26.9. The lowest BCUT2D eigenvalue weighted by atomic mass is 10.2. The average Bonchev–Trinajstić information content (AvgIpc) is 3.22. The SMILES string of the molecule is CN(CCNS(=O)(=O)c1cc(N)ccc1C(=O)O)C1CC1. The number of benzene rings is 1. The van der Waals surface area contributed by atoms with Gasteiger partial charge in [-0.15, -0.1) is 0 Å². The van der Waals surface area contributed by atoms with Crippen LogP contribution in [0.3, 0.4) is 0 Å². The quantitative estimate of drug-likeness (QED) is 0.626. The average molecular weight is 313 g/mol. The maximum absolute atomic E-state index is 12.2. The van der Waals surface area contributed by atoms with Crippen LogP contribution in [0, 0.1) is 0 Å². The Labute approximate surface area is 123 Å². The van der Waals surface area contributed by atoms with E-state index < -0.39 is 16.0 Å². The van der Waals surface area contributed by atoms with Crippen molar-refractivity contribution in [3.8, 4) is 0 Å². The van der Waals surface area contributed by atoms with E-state index in [2.05, 4.69) is 9.62 Å². The number of nitrogens with one attached hydrogen (secondary N) is 1. The van der Waals surface area contributed by atoms with Gasteiger partial charge in [0.25, 0.3) is 0 Å². The number of hydrogen-bond donors (Lipinski definition) is 3. The third-order valence-corrected chi connectivity index (χ3v) is 4.95. The van der Waals surface area contributed by atoms with Crippen LogP contribution in [0.4, 0.5) is 5.69 Å². The second-order valence-electron chi connectivity index (χ2n) is 5.17. The van der Waals surface area contributed by atoms with Gasteiger partial charge < -0.3 is 15.7 Å². The molecule has 1 saturated carbocycles. The minimum atomic E-state index is -3.90. The highest BCUT2D eigenvalue weighted by Gasteiger charge is 2.26. The van der Waals surface area contributed by atoms with Crippen LogP contribution in [0.25, 0.3) is 0 Å². The van der Waals surface area contributed by atoms with Crippen molar-refractivity contribution in [3.63, 3.8) is 0 Å². The Morgan fingerprint density at radius 1 is 1.48 bits per heavy atom. The zero-order valence-electron chi connectivity index (χ0n) is 11.7. The maximum Gasteiger partial charge on any atom is 0.337 e.